The zero-order chi connectivity index (χ0) is 13.9. The Bertz CT molecular complexity index is 589. The predicted molar refractivity (Wildman–Crippen MR) is 83.2 cm³/mol. The van der Waals surface area contributed by atoms with Crippen LogP contribution in [0.4, 0.5) is 5.69 Å². The van der Waals surface area contributed by atoms with Gasteiger partial charge < -0.3 is 10.4 Å². The highest BCUT2D eigenvalue weighted by molar-refractivity contribution is 5.48. The van der Waals surface area contributed by atoms with Crippen molar-refractivity contribution in [2.45, 2.75) is 38.6 Å². The van der Waals surface area contributed by atoms with Crippen molar-refractivity contribution < 1.29 is 5.11 Å². The third-order valence-electron chi connectivity index (χ3n) is 4.12. The molecule has 0 saturated carbocycles. The Morgan fingerprint density at radius 2 is 1.65 bits per heavy atom. The molecule has 2 heteroatoms. The average molecular weight is 267 g/mol. The lowest BCUT2D eigenvalue weighted by Crippen LogP contribution is -2.09. The summed E-state index contributed by atoms with van der Waals surface area (Å²) in [6.07, 6.45) is 5.09. The Morgan fingerprint density at radius 1 is 0.950 bits per heavy atom. The maximum Gasteiger partial charge on any atom is 0.115 e. The molecule has 0 spiro atoms. The van der Waals surface area contributed by atoms with E-state index in [1.165, 1.54) is 42.4 Å². The van der Waals surface area contributed by atoms with E-state index in [0.29, 0.717) is 5.75 Å². The SMILES string of the molecule is CC(Nc1ccc(O)cc1)c1ccc2c(c1)CCCC2. The molecule has 0 heterocycles. The highest BCUT2D eigenvalue weighted by Crippen LogP contribution is 2.26. The molecule has 20 heavy (non-hydrogen) atoms. The summed E-state index contributed by atoms with van der Waals surface area (Å²) in [5.74, 6) is 0.303. The molecule has 1 aliphatic rings. The molecule has 1 atom stereocenters. The molecular weight excluding hydrogens is 246 g/mol. The fourth-order valence-electron chi connectivity index (χ4n) is 2.91. The summed E-state index contributed by atoms with van der Waals surface area (Å²) < 4.78 is 0. The summed E-state index contributed by atoms with van der Waals surface area (Å²) in [5, 5.41) is 12.8. The molecule has 0 amide bonds. The standard InChI is InChI=1S/C18H21NO/c1-13(19-17-8-10-18(20)11-9-17)15-7-6-14-4-2-3-5-16(14)12-15/h6-13,19-20H,2-5H2,1H3. The summed E-state index contributed by atoms with van der Waals surface area (Å²) in [5.41, 5.74) is 5.41. The number of fused-ring (bicyclic) bond motifs is 1. The van der Waals surface area contributed by atoms with Crippen LogP contribution >= 0.6 is 0 Å². The molecule has 0 bridgehead atoms. The summed E-state index contributed by atoms with van der Waals surface area (Å²) in [4.78, 5) is 0. The number of rotatable bonds is 3. The van der Waals surface area contributed by atoms with Gasteiger partial charge in [-0.3, -0.25) is 0 Å². The van der Waals surface area contributed by atoms with E-state index in [1.807, 2.05) is 12.1 Å². The second-order valence-electron chi connectivity index (χ2n) is 5.65. The smallest absolute Gasteiger partial charge is 0.115 e. The van der Waals surface area contributed by atoms with Gasteiger partial charge in [0.2, 0.25) is 0 Å². The fraction of sp³-hybridized carbons (Fsp3) is 0.333. The molecule has 2 aromatic rings. The van der Waals surface area contributed by atoms with Crippen LogP contribution in [0, 0.1) is 0 Å². The highest BCUT2D eigenvalue weighted by atomic mass is 16.3. The molecule has 1 unspecified atom stereocenters. The van der Waals surface area contributed by atoms with Crippen molar-refractivity contribution in [2.75, 3.05) is 5.32 Å². The van der Waals surface area contributed by atoms with Gasteiger partial charge in [0.25, 0.3) is 0 Å². The maximum atomic E-state index is 9.31. The lowest BCUT2D eigenvalue weighted by Gasteiger charge is -2.20. The Morgan fingerprint density at radius 3 is 2.40 bits per heavy atom. The minimum absolute atomic E-state index is 0.270. The van der Waals surface area contributed by atoms with Crippen molar-refractivity contribution >= 4 is 5.69 Å². The quantitative estimate of drug-likeness (QED) is 0.806. The Kier molecular flexibility index (Phi) is 3.64. The lowest BCUT2D eigenvalue weighted by molar-refractivity contribution is 0.475. The van der Waals surface area contributed by atoms with Crippen LogP contribution < -0.4 is 5.32 Å². The van der Waals surface area contributed by atoms with E-state index >= 15 is 0 Å². The minimum atomic E-state index is 0.270. The van der Waals surface area contributed by atoms with Crippen molar-refractivity contribution in [3.8, 4) is 5.75 Å². The Hall–Kier alpha value is -1.96. The lowest BCUT2D eigenvalue weighted by atomic mass is 9.89. The molecule has 2 aromatic carbocycles. The zero-order valence-corrected chi connectivity index (χ0v) is 11.9. The van der Waals surface area contributed by atoms with Gasteiger partial charge in [0.1, 0.15) is 5.75 Å². The largest absolute Gasteiger partial charge is 0.508 e. The van der Waals surface area contributed by atoms with Crippen LogP contribution in [0.2, 0.25) is 0 Å². The predicted octanol–water partition coefficient (Wildman–Crippen LogP) is 4.44. The fourth-order valence-corrected chi connectivity index (χ4v) is 2.91. The molecule has 0 aromatic heterocycles. The summed E-state index contributed by atoms with van der Waals surface area (Å²) in [6.45, 7) is 2.18. The third-order valence-corrected chi connectivity index (χ3v) is 4.12. The van der Waals surface area contributed by atoms with Crippen molar-refractivity contribution in [3.63, 3.8) is 0 Å². The number of anilines is 1. The number of aromatic hydroxyl groups is 1. The third kappa shape index (κ3) is 2.79. The van der Waals surface area contributed by atoms with Gasteiger partial charge in [0, 0.05) is 11.7 Å². The van der Waals surface area contributed by atoms with Crippen molar-refractivity contribution in [3.05, 3.63) is 59.2 Å². The molecule has 0 aliphatic heterocycles. The molecule has 0 radical (unpaired) electrons. The first-order valence-electron chi connectivity index (χ1n) is 7.39. The molecule has 0 fully saturated rings. The van der Waals surface area contributed by atoms with Crippen LogP contribution in [-0.2, 0) is 12.8 Å². The zero-order valence-electron chi connectivity index (χ0n) is 11.9. The van der Waals surface area contributed by atoms with E-state index in [4.69, 9.17) is 0 Å². The van der Waals surface area contributed by atoms with Crippen molar-refractivity contribution in [1.29, 1.82) is 0 Å². The normalized spacial score (nSPS) is 15.4. The van der Waals surface area contributed by atoms with E-state index in [9.17, 15) is 5.11 Å². The van der Waals surface area contributed by atoms with Gasteiger partial charge in [-0.1, -0.05) is 18.2 Å². The van der Waals surface area contributed by atoms with Gasteiger partial charge in [-0.15, -0.1) is 0 Å². The van der Waals surface area contributed by atoms with Gasteiger partial charge in [-0.05, 0) is 73.6 Å². The van der Waals surface area contributed by atoms with Crippen LogP contribution in [0.25, 0.3) is 0 Å². The van der Waals surface area contributed by atoms with Crippen LogP contribution in [-0.4, -0.2) is 5.11 Å². The number of hydrogen-bond donors (Lipinski definition) is 2. The van der Waals surface area contributed by atoms with E-state index in [2.05, 4.69) is 30.4 Å². The van der Waals surface area contributed by atoms with Crippen LogP contribution in [0.15, 0.2) is 42.5 Å². The minimum Gasteiger partial charge on any atom is -0.508 e. The molecule has 3 rings (SSSR count). The molecule has 0 saturated heterocycles. The monoisotopic (exact) mass is 267 g/mol. The average Bonchev–Trinajstić information content (AvgIpc) is 2.49. The summed E-state index contributed by atoms with van der Waals surface area (Å²) >= 11 is 0. The first-order chi connectivity index (χ1) is 9.72. The van der Waals surface area contributed by atoms with Crippen molar-refractivity contribution in [1.82, 2.24) is 0 Å². The number of aryl methyl sites for hydroxylation is 2. The Labute approximate surface area is 120 Å². The van der Waals surface area contributed by atoms with Crippen molar-refractivity contribution in [2.24, 2.45) is 0 Å². The number of nitrogens with one attached hydrogen (secondary N) is 1. The highest BCUT2D eigenvalue weighted by Gasteiger charge is 2.12. The Balaban J connectivity index is 1.76. The second-order valence-corrected chi connectivity index (χ2v) is 5.65. The van der Waals surface area contributed by atoms with Crippen LogP contribution in [0.3, 0.4) is 0 Å². The first kappa shape index (κ1) is 13.0. The van der Waals surface area contributed by atoms with E-state index in [-0.39, 0.29) is 6.04 Å². The van der Waals surface area contributed by atoms with E-state index < -0.39 is 0 Å². The van der Waals surface area contributed by atoms with E-state index in [0.717, 1.165) is 5.69 Å². The molecule has 2 nitrogen and oxygen atoms in total. The second kappa shape index (κ2) is 5.58. The summed E-state index contributed by atoms with van der Waals surface area (Å²) in [7, 11) is 0. The maximum absolute atomic E-state index is 9.31. The topological polar surface area (TPSA) is 32.3 Å². The van der Waals surface area contributed by atoms with Gasteiger partial charge in [-0.25, -0.2) is 0 Å². The van der Waals surface area contributed by atoms with Gasteiger partial charge in [0.05, 0.1) is 0 Å². The number of benzene rings is 2. The molecule has 1 aliphatic carbocycles. The van der Waals surface area contributed by atoms with Gasteiger partial charge in [0.15, 0.2) is 0 Å². The van der Waals surface area contributed by atoms with E-state index in [1.54, 1.807) is 12.1 Å². The van der Waals surface area contributed by atoms with Gasteiger partial charge in [-0.2, -0.15) is 0 Å². The van der Waals surface area contributed by atoms with Gasteiger partial charge >= 0.3 is 0 Å². The molecule has 104 valence electrons. The van der Waals surface area contributed by atoms with Crippen LogP contribution in [0.5, 0.6) is 5.75 Å². The van der Waals surface area contributed by atoms with Crippen LogP contribution in [0.1, 0.15) is 42.5 Å². The number of hydrogen-bond acceptors (Lipinski definition) is 2. The number of phenolic OH excluding ortho intramolecular Hbond substituents is 1. The first-order valence-corrected chi connectivity index (χ1v) is 7.39. The molecular formula is C18H21NO. The number of phenols is 1. The summed E-state index contributed by atoms with van der Waals surface area (Å²) in [6, 6.07) is 14.4. The molecule has 2 N–H and O–H groups in total.